The molecule has 4 nitrogen and oxygen atoms in total. The summed E-state index contributed by atoms with van der Waals surface area (Å²) in [7, 11) is 0. The first kappa shape index (κ1) is 19.6. The highest BCUT2D eigenvalue weighted by molar-refractivity contribution is 5.94. The van der Waals surface area contributed by atoms with Crippen LogP contribution in [0.15, 0.2) is 48.5 Å². The zero-order chi connectivity index (χ0) is 20.5. The lowest BCUT2D eigenvalue weighted by Crippen LogP contribution is -2.35. The maximum absolute atomic E-state index is 13.9. The van der Waals surface area contributed by atoms with E-state index in [2.05, 4.69) is 12.2 Å². The molecule has 2 aromatic carbocycles. The van der Waals surface area contributed by atoms with Gasteiger partial charge in [0, 0.05) is 25.6 Å². The number of benzene rings is 2. The van der Waals surface area contributed by atoms with Gasteiger partial charge in [0.2, 0.25) is 5.91 Å². The fourth-order valence-electron chi connectivity index (χ4n) is 4.94. The van der Waals surface area contributed by atoms with Crippen molar-refractivity contribution in [2.24, 2.45) is 17.8 Å². The molecule has 1 aliphatic carbocycles. The van der Waals surface area contributed by atoms with Crippen molar-refractivity contribution in [3.8, 4) is 0 Å². The van der Waals surface area contributed by atoms with Crippen molar-refractivity contribution < 1.29 is 18.4 Å². The molecule has 2 amide bonds. The van der Waals surface area contributed by atoms with Crippen molar-refractivity contribution in [2.45, 2.75) is 32.4 Å². The molecule has 0 radical (unpaired) electrons. The third kappa shape index (κ3) is 3.76. The summed E-state index contributed by atoms with van der Waals surface area (Å²) in [6.07, 6.45) is 1.33. The van der Waals surface area contributed by atoms with E-state index in [1.165, 1.54) is 6.07 Å². The number of hydrogen-bond donors (Lipinski definition) is 1. The highest BCUT2D eigenvalue weighted by atomic mass is 19.1. The van der Waals surface area contributed by atoms with E-state index in [1.807, 2.05) is 35.2 Å². The van der Waals surface area contributed by atoms with E-state index in [0.717, 1.165) is 24.1 Å². The molecule has 4 atom stereocenters. The summed E-state index contributed by atoms with van der Waals surface area (Å²) >= 11 is 0. The largest absolute Gasteiger partial charge is 0.352 e. The van der Waals surface area contributed by atoms with E-state index in [9.17, 15) is 18.4 Å². The molecule has 2 aromatic rings. The number of amides is 2. The van der Waals surface area contributed by atoms with Gasteiger partial charge >= 0.3 is 0 Å². The zero-order valence-electron chi connectivity index (χ0n) is 16.3. The number of nitrogens with zero attached hydrogens (tertiary/aromatic N) is 1. The Labute approximate surface area is 168 Å². The fraction of sp³-hybridized carbons (Fsp3) is 0.391. The third-order valence-electron chi connectivity index (χ3n) is 6.40. The Morgan fingerprint density at radius 2 is 1.79 bits per heavy atom. The molecule has 4 rings (SSSR count). The minimum absolute atomic E-state index is 0.100. The quantitative estimate of drug-likeness (QED) is 0.834. The summed E-state index contributed by atoms with van der Waals surface area (Å²) < 4.78 is 27.7. The molecule has 6 heteroatoms. The molecule has 1 saturated carbocycles. The normalized spacial score (nSPS) is 25.9. The van der Waals surface area contributed by atoms with Crippen LogP contribution < -0.4 is 5.32 Å². The Hall–Kier alpha value is -2.76. The molecular formula is C23H24F2N2O2. The number of hydrogen-bond acceptors (Lipinski definition) is 2. The average molecular weight is 398 g/mol. The number of nitrogens with one attached hydrogen (secondary N) is 1. The summed E-state index contributed by atoms with van der Waals surface area (Å²) in [5.41, 5.74) is 0.545. The highest BCUT2D eigenvalue weighted by Crippen LogP contribution is 2.46. The van der Waals surface area contributed by atoms with E-state index in [0.29, 0.717) is 25.4 Å². The summed E-state index contributed by atoms with van der Waals surface area (Å²) in [5, 5.41) is 2.70. The molecule has 1 heterocycles. The van der Waals surface area contributed by atoms with Gasteiger partial charge in [0.05, 0.1) is 0 Å². The number of likely N-dealkylation sites (tertiary alicyclic amines) is 1. The minimum atomic E-state index is -0.870. The predicted octanol–water partition coefficient (Wildman–Crippen LogP) is 3.77. The standard InChI is InChI=1S/C23H24F2N2O2/c1-14-10-20-16(11-21(28)27(20)13-15-6-3-2-4-7-15)17(14)12-26-23(29)22-18(24)8-5-9-19(22)25/h2-9,14,16-17,20H,10-13H2,1H3,(H,26,29)/t14-,16-,17+,20+/m0/s1. The van der Waals surface area contributed by atoms with Crippen molar-refractivity contribution in [3.63, 3.8) is 0 Å². The first-order chi connectivity index (χ1) is 14.0. The van der Waals surface area contributed by atoms with Crippen LogP contribution >= 0.6 is 0 Å². The van der Waals surface area contributed by atoms with Crippen LogP contribution in [0.1, 0.15) is 35.7 Å². The zero-order valence-corrected chi connectivity index (χ0v) is 16.3. The molecule has 152 valence electrons. The summed E-state index contributed by atoms with van der Waals surface area (Å²) in [6, 6.07) is 13.4. The van der Waals surface area contributed by atoms with Crippen LogP contribution in [0.25, 0.3) is 0 Å². The SMILES string of the molecule is C[C@H]1C[C@@H]2[C@@H](CC(=O)N2Cc2ccccc2)[C@@H]1CNC(=O)c1c(F)cccc1F. The molecule has 0 spiro atoms. The molecule has 1 N–H and O–H groups in total. The lowest BCUT2D eigenvalue weighted by molar-refractivity contribution is -0.129. The van der Waals surface area contributed by atoms with Gasteiger partial charge in [0.1, 0.15) is 17.2 Å². The second-order valence-electron chi connectivity index (χ2n) is 8.13. The maximum atomic E-state index is 13.9. The van der Waals surface area contributed by atoms with Crippen LogP contribution in [-0.4, -0.2) is 29.3 Å². The number of fused-ring (bicyclic) bond motifs is 1. The Morgan fingerprint density at radius 1 is 1.10 bits per heavy atom. The van der Waals surface area contributed by atoms with Gasteiger partial charge in [0.25, 0.3) is 5.91 Å². The lowest BCUT2D eigenvalue weighted by Gasteiger charge is -2.24. The molecular weight excluding hydrogens is 374 g/mol. The first-order valence-corrected chi connectivity index (χ1v) is 10.0. The molecule has 2 aliphatic rings. The molecule has 1 saturated heterocycles. The van der Waals surface area contributed by atoms with E-state index >= 15 is 0 Å². The van der Waals surface area contributed by atoms with Crippen LogP contribution in [0.5, 0.6) is 0 Å². The second-order valence-corrected chi connectivity index (χ2v) is 8.13. The van der Waals surface area contributed by atoms with E-state index < -0.39 is 23.1 Å². The van der Waals surface area contributed by atoms with Gasteiger partial charge in [-0.15, -0.1) is 0 Å². The monoisotopic (exact) mass is 398 g/mol. The number of carbonyl (C=O) groups is 2. The van der Waals surface area contributed by atoms with Gasteiger partial charge in [-0.2, -0.15) is 0 Å². The Balaban J connectivity index is 1.43. The number of rotatable bonds is 5. The molecule has 29 heavy (non-hydrogen) atoms. The second kappa shape index (κ2) is 7.93. The van der Waals surface area contributed by atoms with Crippen LogP contribution in [0, 0.1) is 29.4 Å². The Morgan fingerprint density at radius 3 is 2.48 bits per heavy atom. The van der Waals surface area contributed by atoms with Crippen molar-refractivity contribution >= 4 is 11.8 Å². The van der Waals surface area contributed by atoms with Gasteiger partial charge in [-0.25, -0.2) is 8.78 Å². The maximum Gasteiger partial charge on any atom is 0.257 e. The summed E-state index contributed by atoms with van der Waals surface area (Å²) in [6.45, 7) is 3.01. The summed E-state index contributed by atoms with van der Waals surface area (Å²) in [5.74, 6) is -1.80. The third-order valence-corrected chi connectivity index (χ3v) is 6.40. The van der Waals surface area contributed by atoms with E-state index in [1.54, 1.807) is 0 Å². The number of halogens is 2. The molecule has 2 fully saturated rings. The van der Waals surface area contributed by atoms with Gasteiger partial charge in [-0.05, 0) is 41.9 Å². The van der Waals surface area contributed by atoms with Crippen molar-refractivity contribution in [3.05, 3.63) is 71.3 Å². The van der Waals surface area contributed by atoms with Gasteiger partial charge in [-0.1, -0.05) is 43.3 Å². The van der Waals surface area contributed by atoms with Crippen LogP contribution in [0.3, 0.4) is 0 Å². The van der Waals surface area contributed by atoms with E-state index in [-0.39, 0.29) is 23.8 Å². The average Bonchev–Trinajstić information content (AvgIpc) is 3.15. The minimum Gasteiger partial charge on any atom is -0.352 e. The Bertz CT molecular complexity index is 898. The highest BCUT2D eigenvalue weighted by Gasteiger charge is 2.50. The molecule has 1 aliphatic heterocycles. The van der Waals surface area contributed by atoms with Gasteiger partial charge in [-0.3, -0.25) is 9.59 Å². The van der Waals surface area contributed by atoms with Crippen molar-refractivity contribution in [1.29, 1.82) is 0 Å². The van der Waals surface area contributed by atoms with Gasteiger partial charge in [0.15, 0.2) is 0 Å². The van der Waals surface area contributed by atoms with Crippen LogP contribution in [0.4, 0.5) is 8.78 Å². The van der Waals surface area contributed by atoms with Crippen LogP contribution in [-0.2, 0) is 11.3 Å². The fourth-order valence-corrected chi connectivity index (χ4v) is 4.94. The molecule has 0 unspecified atom stereocenters. The summed E-state index contributed by atoms with van der Waals surface area (Å²) in [4.78, 5) is 26.9. The number of carbonyl (C=O) groups excluding carboxylic acids is 2. The smallest absolute Gasteiger partial charge is 0.257 e. The molecule has 0 bridgehead atoms. The topological polar surface area (TPSA) is 49.4 Å². The Kier molecular flexibility index (Phi) is 5.35. The lowest BCUT2D eigenvalue weighted by atomic mass is 9.88. The predicted molar refractivity (Wildman–Crippen MR) is 105 cm³/mol. The van der Waals surface area contributed by atoms with Crippen LogP contribution in [0.2, 0.25) is 0 Å². The van der Waals surface area contributed by atoms with Crippen molar-refractivity contribution in [1.82, 2.24) is 10.2 Å². The van der Waals surface area contributed by atoms with Gasteiger partial charge < -0.3 is 10.2 Å². The molecule has 0 aromatic heterocycles. The van der Waals surface area contributed by atoms with Crippen molar-refractivity contribution in [2.75, 3.05) is 6.54 Å². The van der Waals surface area contributed by atoms with E-state index in [4.69, 9.17) is 0 Å². The first-order valence-electron chi connectivity index (χ1n) is 10.0.